The van der Waals surface area contributed by atoms with Crippen molar-refractivity contribution in [3.8, 4) is 5.75 Å². The molecule has 2 N–H and O–H groups in total. The SMILES string of the molecule is O=C(NC1CCN(CCN2CCCCCC2)CC1)c1cc2c(OCc3ccco3)cccc2[nH]1. The molecular weight excluding hydrogens is 428 g/mol. The molecule has 7 nitrogen and oxygen atoms in total. The van der Waals surface area contributed by atoms with E-state index in [0.29, 0.717) is 12.3 Å². The second kappa shape index (κ2) is 11.1. The van der Waals surface area contributed by atoms with Gasteiger partial charge in [-0.15, -0.1) is 0 Å². The summed E-state index contributed by atoms with van der Waals surface area (Å²) >= 11 is 0. The van der Waals surface area contributed by atoms with E-state index in [1.807, 2.05) is 36.4 Å². The molecule has 7 heteroatoms. The van der Waals surface area contributed by atoms with Gasteiger partial charge in [0, 0.05) is 43.1 Å². The second-order valence-corrected chi connectivity index (χ2v) is 9.61. The molecule has 0 spiro atoms. The highest BCUT2D eigenvalue weighted by molar-refractivity contribution is 5.99. The Hall–Kier alpha value is -2.77. The van der Waals surface area contributed by atoms with Crippen LogP contribution in [0.2, 0.25) is 0 Å². The van der Waals surface area contributed by atoms with E-state index in [1.165, 1.54) is 45.3 Å². The number of rotatable bonds is 8. The minimum Gasteiger partial charge on any atom is -0.485 e. The minimum atomic E-state index is -0.0452. The molecule has 182 valence electrons. The third-order valence-electron chi connectivity index (χ3n) is 7.17. The van der Waals surface area contributed by atoms with Crippen molar-refractivity contribution in [2.45, 2.75) is 51.2 Å². The van der Waals surface area contributed by atoms with E-state index in [2.05, 4.69) is 20.1 Å². The number of H-pyrrole nitrogens is 1. The molecule has 34 heavy (non-hydrogen) atoms. The Bertz CT molecular complexity index is 1050. The Morgan fingerprint density at radius 3 is 2.50 bits per heavy atom. The van der Waals surface area contributed by atoms with Crippen molar-refractivity contribution >= 4 is 16.8 Å². The van der Waals surface area contributed by atoms with Crippen molar-refractivity contribution in [2.24, 2.45) is 0 Å². The number of hydrogen-bond acceptors (Lipinski definition) is 5. The molecule has 2 aromatic heterocycles. The number of fused-ring (bicyclic) bond motifs is 1. The van der Waals surface area contributed by atoms with Gasteiger partial charge in [0.05, 0.1) is 6.26 Å². The van der Waals surface area contributed by atoms with Gasteiger partial charge in [0.2, 0.25) is 0 Å². The summed E-state index contributed by atoms with van der Waals surface area (Å²) in [6, 6.07) is 11.7. The van der Waals surface area contributed by atoms with Crippen molar-refractivity contribution in [1.82, 2.24) is 20.1 Å². The highest BCUT2D eigenvalue weighted by atomic mass is 16.5. The van der Waals surface area contributed by atoms with Crippen molar-refractivity contribution < 1.29 is 13.9 Å². The van der Waals surface area contributed by atoms with Gasteiger partial charge in [-0.2, -0.15) is 0 Å². The fraction of sp³-hybridized carbons (Fsp3) is 0.519. The maximum atomic E-state index is 13.0. The number of ether oxygens (including phenoxy) is 1. The van der Waals surface area contributed by atoms with Gasteiger partial charge < -0.3 is 29.3 Å². The third kappa shape index (κ3) is 5.83. The fourth-order valence-corrected chi connectivity index (χ4v) is 5.13. The normalized spacial score (nSPS) is 18.7. The van der Waals surface area contributed by atoms with Crippen LogP contribution >= 0.6 is 0 Å². The number of likely N-dealkylation sites (tertiary alicyclic amines) is 2. The van der Waals surface area contributed by atoms with E-state index in [1.54, 1.807) is 6.26 Å². The lowest BCUT2D eigenvalue weighted by Gasteiger charge is -2.33. The highest BCUT2D eigenvalue weighted by Crippen LogP contribution is 2.27. The number of carbonyl (C=O) groups excluding carboxylic acids is 1. The fourth-order valence-electron chi connectivity index (χ4n) is 5.13. The molecule has 2 fully saturated rings. The number of piperidine rings is 1. The number of furan rings is 1. The van der Waals surface area contributed by atoms with Gasteiger partial charge in [-0.3, -0.25) is 4.79 Å². The molecule has 3 aromatic rings. The largest absolute Gasteiger partial charge is 0.485 e. The number of carbonyl (C=O) groups is 1. The molecule has 2 saturated heterocycles. The standard InChI is InChI=1S/C27H36N4O3/c32-27(28-21-10-14-31(15-11-21)17-16-30-12-3-1-2-4-13-30)25-19-23-24(29-25)8-5-9-26(23)34-20-22-7-6-18-33-22/h5-9,18-19,21,29H,1-4,10-17,20H2,(H,28,32). The Kier molecular flexibility index (Phi) is 7.51. The van der Waals surface area contributed by atoms with Gasteiger partial charge in [-0.1, -0.05) is 18.9 Å². The van der Waals surface area contributed by atoms with Crippen molar-refractivity contribution in [3.05, 3.63) is 54.1 Å². The molecule has 0 aliphatic carbocycles. The average Bonchev–Trinajstić information content (AvgIpc) is 3.47. The lowest BCUT2D eigenvalue weighted by Crippen LogP contribution is -2.46. The van der Waals surface area contributed by atoms with Gasteiger partial charge in [0.15, 0.2) is 0 Å². The predicted octanol–water partition coefficient (Wildman–Crippen LogP) is 4.41. The lowest BCUT2D eigenvalue weighted by atomic mass is 10.0. The number of benzene rings is 1. The predicted molar refractivity (Wildman–Crippen MR) is 133 cm³/mol. The van der Waals surface area contributed by atoms with E-state index in [4.69, 9.17) is 9.15 Å². The summed E-state index contributed by atoms with van der Waals surface area (Å²) in [5, 5.41) is 4.15. The van der Waals surface area contributed by atoms with Crippen LogP contribution in [0.1, 0.15) is 54.8 Å². The summed E-state index contributed by atoms with van der Waals surface area (Å²) in [5.74, 6) is 1.46. The van der Waals surface area contributed by atoms with E-state index < -0.39 is 0 Å². The maximum absolute atomic E-state index is 13.0. The topological polar surface area (TPSA) is 73.7 Å². The molecule has 0 saturated carbocycles. The summed E-state index contributed by atoms with van der Waals surface area (Å²) < 4.78 is 11.3. The van der Waals surface area contributed by atoms with Crippen LogP contribution in [-0.4, -0.2) is 66.0 Å². The van der Waals surface area contributed by atoms with E-state index in [0.717, 1.165) is 54.9 Å². The summed E-state index contributed by atoms with van der Waals surface area (Å²) in [5.41, 5.74) is 1.47. The first-order valence-corrected chi connectivity index (χ1v) is 12.8. The second-order valence-electron chi connectivity index (χ2n) is 9.61. The molecule has 2 aliphatic heterocycles. The van der Waals surface area contributed by atoms with Crippen LogP contribution in [0.3, 0.4) is 0 Å². The van der Waals surface area contributed by atoms with Gasteiger partial charge in [0.25, 0.3) is 5.91 Å². The molecular formula is C27H36N4O3. The molecule has 0 atom stereocenters. The number of nitrogens with one attached hydrogen (secondary N) is 2. The van der Waals surface area contributed by atoms with Crippen LogP contribution in [0.25, 0.3) is 10.9 Å². The zero-order valence-corrected chi connectivity index (χ0v) is 19.9. The number of hydrogen-bond donors (Lipinski definition) is 2. The number of aromatic nitrogens is 1. The molecule has 2 aliphatic rings. The smallest absolute Gasteiger partial charge is 0.267 e. The van der Waals surface area contributed by atoms with Crippen molar-refractivity contribution in [2.75, 3.05) is 39.3 Å². The number of aromatic amines is 1. The summed E-state index contributed by atoms with van der Waals surface area (Å²) in [4.78, 5) is 21.4. The quantitative estimate of drug-likeness (QED) is 0.517. The summed E-state index contributed by atoms with van der Waals surface area (Å²) in [6.07, 6.45) is 9.11. The van der Waals surface area contributed by atoms with Gasteiger partial charge >= 0.3 is 0 Å². The Balaban J connectivity index is 1.11. The first-order valence-electron chi connectivity index (χ1n) is 12.8. The molecule has 1 amide bonds. The lowest BCUT2D eigenvalue weighted by molar-refractivity contribution is 0.0902. The van der Waals surface area contributed by atoms with Crippen LogP contribution in [0.4, 0.5) is 0 Å². The van der Waals surface area contributed by atoms with Gasteiger partial charge in [0.1, 0.15) is 23.8 Å². The van der Waals surface area contributed by atoms with Crippen LogP contribution < -0.4 is 10.1 Å². The Labute approximate surface area is 201 Å². The maximum Gasteiger partial charge on any atom is 0.267 e. The highest BCUT2D eigenvalue weighted by Gasteiger charge is 2.22. The molecule has 0 radical (unpaired) electrons. The van der Waals surface area contributed by atoms with Crippen LogP contribution in [-0.2, 0) is 6.61 Å². The number of amides is 1. The van der Waals surface area contributed by atoms with E-state index in [9.17, 15) is 4.79 Å². The zero-order chi connectivity index (χ0) is 23.2. The molecule has 0 unspecified atom stereocenters. The van der Waals surface area contributed by atoms with Gasteiger partial charge in [-0.25, -0.2) is 0 Å². The van der Waals surface area contributed by atoms with E-state index in [-0.39, 0.29) is 11.9 Å². The van der Waals surface area contributed by atoms with E-state index >= 15 is 0 Å². The Morgan fingerprint density at radius 1 is 1.00 bits per heavy atom. The van der Waals surface area contributed by atoms with Crippen LogP contribution in [0, 0.1) is 0 Å². The summed E-state index contributed by atoms with van der Waals surface area (Å²) in [6.45, 7) is 7.29. The van der Waals surface area contributed by atoms with Crippen LogP contribution in [0.5, 0.6) is 5.75 Å². The first-order chi connectivity index (χ1) is 16.7. The molecule has 4 heterocycles. The summed E-state index contributed by atoms with van der Waals surface area (Å²) in [7, 11) is 0. The minimum absolute atomic E-state index is 0.0452. The van der Waals surface area contributed by atoms with Crippen molar-refractivity contribution in [3.63, 3.8) is 0 Å². The molecule has 5 rings (SSSR count). The monoisotopic (exact) mass is 464 g/mol. The molecule has 0 bridgehead atoms. The first kappa shape index (κ1) is 23.0. The Morgan fingerprint density at radius 2 is 1.76 bits per heavy atom. The zero-order valence-electron chi connectivity index (χ0n) is 19.9. The molecule has 1 aromatic carbocycles. The average molecular weight is 465 g/mol. The van der Waals surface area contributed by atoms with Crippen LogP contribution in [0.15, 0.2) is 47.1 Å². The third-order valence-corrected chi connectivity index (χ3v) is 7.17. The number of nitrogens with zero attached hydrogens (tertiary/aromatic N) is 2. The van der Waals surface area contributed by atoms with Crippen molar-refractivity contribution in [1.29, 1.82) is 0 Å². The van der Waals surface area contributed by atoms with Gasteiger partial charge in [-0.05, 0) is 69.1 Å².